The van der Waals surface area contributed by atoms with Crippen molar-refractivity contribution in [1.29, 1.82) is 0 Å². The van der Waals surface area contributed by atoms with E-state index in [1.807, 2.05) is 55.1 Å². The van der Waals surface area contributed by atoms with Gasteiger partial charge in [-0.05, 0) is 41.8 Å². The maximum absolute atomic E-state index is 12.3. The molecule has 2 N–H and O–H groups in total. The summed E-state index contributed by atoms with van der Waals surface area (Å²) in [7, 11) is 0. The summed E-state index contributed by atoms with van der Waals surface area (Å²) in [4.78, 5) is 12.3. The number of anilines is 2. The maximum atomic E-state index is 12.3. The van der Waals surface area contributed by atoms with E-state index in [0.29, 0.717) is 12.2 Å². The summed E-state index contributed by atoms with van der Waals surface area (Å²) in [5.74, 6) is 0. The molecule has 1 aromatic heterocycles. The van der Waals surface area contributed by atoms with Crippen molar-refractivity contribution in [1.82, 2.24) is 9.78 Å². The van der Waals surface area contributed by atoms with Crippen LogP contribution in [0.4, 0.5) is 16.2 Å². The van der Waals surface area contributed by atoms with Crippen LogP contribution in [0, 0.1) is 13.8 Å². The van der Waals surface area contributed by atoms with Gasteiger partial charge in [0.1, 0.15) is 0 Å². The molecule has 0 aliphatic heterocycles. The zero-order chi connectivity index (χ0) is 19.5. The minimum atomic E-state index is -0.281. The average Bonchev–Trinajstić information content (AvgIpc) is 3.11. The molecule has 0 radical (unpaired) electrons. The number of carbonyl (C=O) groups excluding carboxylic acids is 1. The molecule has 0 aliphatic carbocycles. The number of hydrogen-bond donors (Lipinski definition) is 2. The highest BCUT2D eigenvalue weighted by Crippen LogP contribution is 2.20. The molecule has 0 atom stereocenters. The lowest BCUT2D eigenvalue weighted by Crippen LogP contribution is -2.19. The Morgan fingerprint density at radius 3 is 2.68 bits per heavy atom. The normalized spacial score (nSPS) is 10.8. The van der Waals surface area contributed by atoms with Crippen molar-refractivity contribution in [2.75, 3.05) is 10.6 Å². The summed E-state index contributed by atoms with van der Waals surface area (Å²) in [5, 5.41) is 12.5. The second kappa shape index (κ2) is 7.56. The molecule has 4 aromatic rings. The van der Waals surface area contributed by atoms with Crippen LogP contribution in [0.15, 0.2) is 73.1 Å². The second-order valence-corrected chi connectivity index (χ2v) is 6.96. The van der Waals surface area contributed by atoms with Crippen molar-refractivity contribution in [3.05, 3.63) is 89.7 Å². The Hall–Kier alpha value is -3.60. The molecule has 0 fully saturated rings. The largest absolute Gasteiger partial charge is 0.323 e. The van der Waals surface area contributed by atoms with E-state index in [1.54, 1.807) is 6.20 Å². The van der Waals surface area contributed by atoms with Crippen LogP contribution >= 0.6 is 0 Å². The standard InChI is InChI=1S/C23H22N4O/c1-16-10-11-22(17(2)12-16)26-23(28)25-20-13-24-27(15-20)14-19-8-5-7-18-6-3-4-9-21(18)19/h3-13,15H,14H2,1-2H3,(H2,25,26,28). The Kier molecular flexibility index (Phi) is 4.81. The molecule has 3 aromatic carbocycles. The van der Waals surface area contributed by atoms with E-state index in [2.05, 4.69) is 46.1 Å². The van der Waals surface area contributed by atoms with Crippen LogP contribution in [-0.4, -0.2) is 15.8 Å². The van der Waals surface area contributed by atoms with Gasteiger partial charge in [-0.15, -0.1) is 0 Å². The van der Waals surface area contributed by atoms with Crippen LogP contribution in [0.5, 0.6) is 0 Å². The predicted octanol–water partition coefficient (Wildman–Crippen LogP) is 5.35. The van der Waals surface area contributed by atoms with Gasteiger partial charge in [0.25, 0.3) is 0 Å². The maximum Gasteiger partial charge on any atom is 0.323 e. The molecule has 4 rings (SSSR count). The second-order valence-electron chi connectivity index (χ2n) is 6.96. The fraction of sp³-hybridized carbons (Fsp3) is 0.130. The van der Waals surface area contributed by atoms with Gasteiger partial charge in [-0.3, -0.25) is 4.68 Å². The number of carbonyl (C=O) groups is 1. The van der Waals surface area contributed by atoms with Gasteiger partial charge in [0, 0.05) is 11.9 Å². The van der Waals surface area contributed by atoms with Gasteiger partial charge in [-0.1, -0.05) is 60.2 Å². The third-order valence-electron chi connectivity index (χ3n) is 4.73. The molecule has 2 amide bonds. The summed E-state index contributed by atoms with van der Waals surface area (Å²) in [5.41, 5.74) is 4.83. The number of benzene rings is 3. The van der Waals surface area contributed by atoms with Crippen molar-refractivity contribution in [3.8, 4) is 0 Å². The first-order valence-corrected chi connectivity index (χ1v) is 9.23. The van der Waals surface area contributed by atoms with E-state index in [0.717, 1.165) is 16.8 Å². The molecule has 0 saturated carbocycles. The molecular weight excluding hydrogens is 348 g/mol. The first-order chi connectivity index (χ1) is 13.6. The topological polar surface area (TPSA) is 59.0 Å². The fourth-order valence-corrected chi connectivity index (χ4v) is 3.36. The van der Waals surface area contributed by atoms with Crippen molar-refractivity contribution >= 4 is 28.2 Å². The van der Waals surface area contributed by atoms with Crippen LogP contribution in [-0.2, 0) is 6.54 Å². The third kappa shape index (κ3) is 3.88. The van der Waals surface area contributed by atoms with E-state index in [1.165, 1.54) is 16.3 Å². The Balaban J connectivity index is 1.45. The molecule has 0 bridgehead atoms. The molecule has 0 unspecified atom stereocenters. The monoisotopic (exact) mass is 370 g/mol. The van der Waals surface area contributed by atoms with E-state index in [4.69, 9.17) is 0 Å². The minimum absolute atomic E-state index is 0.281. The Bertz CT molecular complexity index is 1140. The lowest BCUT2D eigenvalue weighted by molar-refractivity contribution is 0.262. The Morgan fingerprint density at radius 1 is 1.00 bits per heavy atom. The highest BCUT2D eigenvalue weighted by Gasteiger charge is 2.08. The van der Waals surface area contributed by atoms with Gasteiger partial charge in [0.2, 0.25) is 0 Å². The zero-order valence-electron chi connectivity index (χ0n) is 15.9. The number of nitrogens with zero attached hydrogens (tertiary/aromatic N) is 2. The lowest BCUT2D eigenvalue weighted by atomic mass is 10.0. The van der Waals surface area contributed by atoms with Crippen molar-refractivity contribution in [3.63, 3.8) is 0 Å². The van der Waals surface area contributed by atoms with Crippen molar-refractivity contribution in [2.45, 2.75) is 20.4 Å². The molecule has 140 valence electrons. The number of hydrogen-bond acceptors (Lipinski definition) is 2. The number of aromatic nitrogens is 2. The lowest BCUT2D eigenvalue weighted by Gasteiger charge is -2.09. The average molecular weight is 370 g/mol. The number of amides is 2. The Morgan fingerprint density at radius 2 is 1.82 bits per heavy atom. The van der Waals surface area contributed by atoms with Crippen LogP contribution < -0.4 is 10.6 Å². The molecule has 28 heavy (non-hydrogen) atoms. The highest BCUT2D eigenvalue weighted by atomic mass is 16.2. The number of nitrogens with one attached hydrogen (secondary N) is 2. The molecular formula is C23H22N4O. The highest BCUT2D eigenvalue weighted by molar-refractivity contribution is 6.00. The summed E-state index contributed by atoms with van der Waals surface area (Å²) >= 11 is 0. The molecule has 5 heteroatoms. The first-order valence-electron chi connectivity index (χ1n) is 9.23. The van der Waals surface area contributed by atoms with Gasteiger partial charge in [-0.25, -0.2) is 4.79 Å². The minimum Gasteiger partial charge on any atom is -0.307 e. The number of urea groups is 1. The zero-order valence-corrected chi connectivity index (χ0v) is 15.9. The van der Waals surface area contributed by atoms with Gasteiger partial charge in [0.15, 0.2) is 0 Å². The van der Waals surface area contributed by atoms with Crippen LogP contribution in [0.3, 0.4) is 0 Å². The third-order valence-corrected chi connectivity index (χ3v) is 4.73. The molecule has 5 nitrogen and oxygen atoms in total. The van der Waals surface area contributed by atoms with Crippen molar-refractivity contribution < 1.29 is 4.79 Å². The quantitative estimate of drug-likeness (QED) is 0.509. The number of fused-ring (bicyclic) bond motifs is 1. The number of aryl methyl sites for hydroxylation is 2. The summed E-state index contributed by atoms with van der Waals surface area (Å²) in [6.45, 7) is 4.65. The summed E-state index contributed by atoms with van der Waals surface area (Å²) < 4.78 is 1.83. The van der Waals surface area contributed by atoms with Crippen molar-refractivity contribution in [2.24, 2.45) is 0 Å². The van der Waals surface area contributed by atoms with Crippen LogP contribution in [0.1, 0.15) is 16.7 Å². The van der Waals surface area contributed by atoms with Gasteiger partial charge in [-0.2, -0.15) is 5.10 Å². The SMILES string of the molecule is Cc1ccc(NC(=O)Nc2cnn(Cc3cccc4ccccc34)c2)c(C)c1. The Labute approximate surface area is 164 Å². The fourth-order valence-electron chi connectivity index (χ4n) is 3.36. The smallest absolute Gasteiger partial charge is 0.307 e. The van der Waals surface area contributed by atoms with Gasteiger partial charge >= 0.3 is 6.03 Å². The molecule has 0 aliphatic rings. The summed E-state index contributed by atoms with van der Waals surface area (Å²) in [6.07, 6.45) is 3.50. The van der Waals surface area contributed by atoms with E-state index < -0.39 is 0 Å². The molecule has 0 saturated heterocycles. The van der Waals surface area contributed by atoms with Gasteiger partial charge < -0.3 is 10.6 Å². The van der Waals surface area contributed by atoms with Crippen LogP contribution in [0.2, 0.25) is 0 Å². The van der Waals surface area contributed by atoms with Gasteiger partial charge in [0.05, 0.1) is 18.4 Å². The predicted molar refractivity (Wildman–Crippen MR) is 114 cm³/mol. The molecule has 1 heterocycles. The summed E-state index contributed by atoms with van der Waals surface area (Å²) in [6, 6.07) is 20.2. The van der Waals surface area contributed by atoms with E-state index >= 15 is 0 Å². The van der Waals surface area contributed by atoms with E-state index in [9.17, 15) is 4.79 Å². The van der Waals surface area contributed by atoms with Crippen LogP contribution in [0.25, 0.3) is 10.8 Å². The molecule has 0 spiro atoms. The first kappa shape index (κ1) is 17.8. The van der Waals surface area contributed by atoms with E-state index in [-0.39, 0.29) is 6.03 Å². The number of rotatable bonds is 4.